The molecule has 1 saturated heterocycles. The standard InChI is InChI=1S/C16H20N2S/c1-16-8-14-11(4-3-5-17-14)12-6-10(19-2)7-13(15(12)16)18-9-16/h6-7,9,11,14,17H,3-5,8H2,1-2H3/t11-,14-,16?/m1/s1. The van der Waals surface area contributed by atoms with Crippen LogP contribution in [0.15, 0.2) is 22.0 Å². The smallest absolute Gasteiger partial charge is 0.0681 e. The molecular formula is C16H20N2S. The zero-order valence-electron chi connectivity index (χ0n) is 11.6. The molecule has 1 fully saturated rings. The van der Waals surface area contributed by atoms with Crippen LogP contribution in [-0.2, 0) is 5.41 Å². The van der Waals surface area contributed by atoms with E-state index in [1.807, 2.05) is 11.8 Å². The number of hydrogen-bond donors (Lipinski definition) is 1. The van der Waals surface area contributed by atoms with Gasteiger partial charge in [-0.3, -0.25) is 4.99 Å². The number of rotatable bonds is 1. The van der Waals surface area contributed by atoms with Crippen molar-refractivity contribution in [3.05, 3.63) is 23.3 Å². The summed E-state index contributed by atoms with van der Waals surface area (Å²) in [5.74, 6) is 0.698. The van der Waals surface area contributed by atoms with E-state index in [0.29, 0.717) is 12.0 Å². The number of hydrogen-bond acceptors (Lipinski definition) is 3. The molecule has 0 aromatic heterocycles. The van der Waals surface area contributed by atoms with Crippen molar-refractivity contribution in [1.29, 1.82) is 0 Å². The molecule has 2 nitrogen and oxygen atoms in total. The maximum Gasteiger partial charge on any atom is 0.0681 e. The normalized spacial score (nSPS) is 35.1. The second kappa shape index (κ2) is 4.10. The second-order valence-electron chi connectivity index (χ2n) is 6.30. The third-order valence-corrected chi connectivity index (χ3v) is 5.75. The molecule has 1 N–H and O–H groups in total. The van der Waals surface area contributed by atoms with Crippen molar-refractivity contribution >= 4 is 23.7 Å². The van der Waals surface area contributed by atoms with Gasteiger partial charge in [0.25, 0.3) is 0 Å². The lowest BCUT2D eigenvalue weighted by Crippen LogP contribution is -2.48. The summed E-state index contributed by atoms with van der Waals surface area (Å²) in [5.41, 5.74) is 4.49. The number of benzene rings is 1. The molecule has 0 spiro atoms. The van der Waals surface area contributed by atoms with Gasteiger partial charge in [0, 0.05) is 22.6 Å². The van der Waals surface area contributed by atoms with E-state index in [-0.39, 0.29) is 5.41 Å². The van der Waals surface area contributed by atoms with E-state index in [1.165, 1.54) is 42.0 Å². The molecule has 1 aliphatic carbocycles. The summed E-state index contributed by atoms with van der Waals surface area (Å²) in [7, 11) is 0. The molecule has 2 aliphatic heterocycles. The molecule has 1 unspecified atom stereocenters. The highest BCUT2D eigenvalue weighted by molar-refractivity contribution is 7.98. The van der Waals surface area contributed by atoms with E-state index in [1.54, 1.807) is 5.56 Å². The molecule has 1 aromatic carbocycles. The predicted molar refractivity (Wildman–Crippen MR) is 82.1 cm³/mol. The Bertz CT molecular complexity index is 566. The highest BCUT2D eigenvalue weighted by Gasteiger charge is 2.45. The van der Waals surface area contributed by atoms with Gasteiger partial charge in [0.2, 0.25) is 0 Å². The average molecular weight is 272 g/mol. The van der Waals surface area contributed by atoms with Crippen molar-refractivity contribution in [1.82, 2.24) is 5.32 Å². The first kappa shape index (κ1) is 12.0. The maximum absolute atomic E-state index is 4.72. The monoisotopic (exact) mass is 272 g/mol. The molecular weight excluding hydrogens is 252 g/mol. The van der Waals surface area contributed by atoms with Crippen molar-refractivity contribution in [3.8, 4) is 0 Å². The Morgan fingerprint density at radius 1 is 1.42 bits per heavy atom. The molecule has 0 bridgehead atoms. The lowest BCUT2D eigenvalue weighted by molar-refractivity contribution is 0.286. The molecule has 3 atom stereocenters. The number of nitrogens with one attached hydrogen (secondary N) is 1. The quantitative estimate of drug-likeness (QED) is 0.790. The van der Waals surface area contributed by atoms with Crippen molar-refractivity contribution in [3.63, 3.8) is 0 Å². The first-order chi connectivity index (χ1) is 9.21. The molecule has 4 rings (SSSR count). The topological polar surface area (TPSA) is 24.4 Å². The van der Waals surface area contributed by atoms with Gasteiger partial charge in [-0.15, -0.1) is 11.8 Å². The summed E-state index contributed by atoms with van der Waals surface area (Å²) in [5, 5.41) is 3.74. The van der Waals surface area contributed by atoms with Gasteiger partial charge >= 0.3 is 0 Å². The predicted octanol–water partition coefficient (Wildman–Crippen LogP) is 3.62. The molecule has 19 heavy (non-hydrogen) atoms. The number of nitrogens with zero attached hydrogens (tertiary/aromatic N) is 1. The molecule has 2 heterocycles. The first-order valence-electron chi connectivity index (χ1n) is 7.22. The zero-order chi connectivity index (χ0) is 13.0. The first-order valence-corrected chi connectivity index (χ1v) is 8.45. The number of fused-ring (bicyclic) bond motifs is 2. The summed E-state index contributed by atoms with van der Waals surface area (Å²) in [6, 6.07) is 5.34. The largest absolute Gasteiger partial charge is 0.313 e. The van der Waals surface area contributed by atoms with Crippen molar-refractivity contribution in [2.24, 2.45) is 4.99 Å². The van der Waals surface area contributed by atoms with E-state index in [0.717, 1.165) is 0 Å². The van der Waals surface area contributed by atoms with Crippen LogP contribution in [0.3, 0.4) is 0 Å². The Labute approximate surface area is 119 Å². The third kappa shape index (κ3) is 1.64. The Morgan fingerprint density at radius 3 is 3.16 bits per heavy atom. The Kier molecular flexibility index (Phi) is 2.58. The average Bonchev–Trinajstić information content (AvgIpc) is 2.77. The molecule has 1 aromatic rings. The van der Waals surface area contributed by atoms with Gasteiger partial charge in [0.15, 0.2) is 0 Å². The second-order valence-corrected chi connectivity index (χ2v) is 7.18. The van der Waals surface area contributed by atoms with E-state index in [9.17, 15) is 0 Å². The summed E-state index contributed by atoms with van der Waals surface area (Å²) < 4.78 is 0. The Morgan fingerprint density at radius 2 is 2.32 bits per heavy atom. The minimum atomic E-state index is 0.160. The van der Waals surface area contributed by atoms with Crippen LogP contribution in [0.1, 0.15) is 43.2 Å². The fourth-order valence-corrected chi connectivity index (χ4v) is 4.66. The van der Waals surface area contributed by atoms with Crippen LogP contribution in [0.2, 0.25) is 0 Å². The number of piperidine rings is 1. The molecule has 100 valence electrons. The zero-order valence-corrected chi connectivity index (χ0v) is 12.4. The van der Waals surface area contributed by atoms with Crippen molar-refractivity contribution < 1.29 is 0 Å². The van der Waals surface area contributed by atoms with Crippen LogP contribution in [0, 0.1) is 0 Å². The van der Waals surface area contributed by atoms with Crippen molar-refractivity contribution in [2.45, 2.75) is 48.5 Å². The third-order valence-electron chi connectivity index (χ3n) is 5.04. The number of thioether (sulfide) groups is 1. The van der Waals surface area contributed by atoms with Crippen LogP contribution in [0.25, 0.3) is 0 Å². The van der Waals surface area contributed by atoms with Crippen LogP contribution in [0.5, 0.6) is 0 Å². The Hall–Kier alpha value is -0.800. The molecule has 0 radical (unpaired) electrons. The van der Waals surface area contributed by atoms with Crippen molar-refractivity contribution in [2.75, 3.05) is 12.8 Å². The number of aliphatic imine (C=N–C) groups is 1. The van der Waals surface area contributed by atoms with E-state index < -0.39 is 0 Å². The van der Waals surface area contributed by atoms with Gasteiger partial charge < -0.3 is 5.32 Å². The van der Waals surface area contributed by atoms with Crippen LogP contribution < -0.4 is 5.32 Å². The highest BCUT2D eigenvalue weighted by Crippen LogP contribution is 2.52. The molecule has 0 amide bonds. The molecule has 3 aliphatic rings. The van der Waals surface area contributed by atoms with Gasteiger partial charge in [-0.2, -0.15) is 0 Å². The minimum Gasteiger partial charge on any atom is -0.313 e. The van der Waals surface area contributed by atoms with Gasteiger partial charge in [0.05, 0.1) is 5.69 Å². The lowest BCUT2D eigenvalue weighted by Gasteiger charge is -2.44. The van der Waals surface area contributed by atoms with Gasteiger partial charge in [-0.05, 0) is 61.2 Å². The SMILES string of the molecule is CSc1cc2c3c(c1)[C@H]1CCCN[C@@H]1CC3(C)C=N2. The van der Waals surface area contributed by atoms with Gasteiger partial charge in [-0.1, -0.05) is 6.92 Å². The van der Waals surface area contributed by atoms with E-state index in [2.05, 4.69) is 36.8 Å². The minimum absolute atomic E-state index is 0.160. The van der Waals surface area contributed by atoms with E-state index >= 15 is 0 Å². The van der Waals surface area contributed by atoms with E-state index in [4.69, 9.17) is 4.99 Å². The Balaban J connectivity index is 1.93. The summed E-state index contributed by atoms with van der Waals surface area (Å²) >= 11 is 1.83. The van der Waals surface area contributed by atoms with Gasteiger partial charge in [0.1, 0.15) is 0 Å². The summed E-state index contributed by atoms with van der Waals surface area (Å²) in [6.45, 7) is 3.54. The maximum atomic E-state index is 4.72. The highest BCUT2D eigenvalue weighted by atomic mass is 32.2. The van der Waals surface area contributed by atoms with Crippen LogP contribution in [-0.4, -0.2) is 25.1 Å². The lowest BCUT2D eigenvalue weighted by atomic mass is 9.64. The van der Waals surface area contributed by atoms with Gasteiger partial charge in [-0.25, -0.2) is 0 Å². The summed E-state index contributed by atoms with van der Waals surface area (Å²) in [4.78, 5) is 6.09. The van der Waals surface area contributed by atoms with Crippen LogP contribution in [0.4, 0.5) is 5.69 Å². The molecule has 3 heteroatoms. The summed E-state index contributed by atoms with van der Waals surface area (Å²) in [6.07, 6.45) is 8.19. The van der Waals surface area contributed by atoms with Crippen LogP contribution >= 0.6 is 11.8 Å². The fourth-order valence-electron chi connectivity index (χ4n) is 4.18. The molecule has 0 saturated carbocycles. The fraction of sp³-hybridized carbons (Fsp3) is 0.562.